The van der Waals surface area contributed by atoms with Gasteiger partial charge in [0.15, 0.2) is 0 Å². The highest BCUT2D eigenvalue weighted by molar-refractivity contribution is 6.11. The van der Waals surface area contributed by atoms with E-state index in [4.69, 9.17) is 0 Å². The second-order valence-corrected chi connectivity index (χ2v) is 12.2. The summed E-state index contributed by atoms with van der Waals surface area (Å²) in [6.07, 6.45) is 16.0. The third-order valence-electron chi connectivity index (χ3n) is 11.1. The number of nitrogens with one attached hydrogen (secondary N) is 2. The predicted molar refractivity (Wildman–Crippen MR) is 141 cm³/mol. The molecule has 194 valence electrons. The molecule has 2 saturated carbocycles. The molecule has 2 aliphatic heterocycles. The molecule has 8 unspecified atom stereocenters. The molecule has 7 rings (SSSR count). The van der Waals surface area contributed by atoms with Crippen molar-refractivity contribution in [1.82, 2.24) is 10.6 Å². The fourth-order valence-corrected chi connectivity index (χ4v) is 9.78. The summed E-state index contributed by atoms with van der Waals surface area (Å²) in [5.74, 6) is -1.46. The summed E-state index contributed by atoms with van der Waals surface area (Å²) in [6, 6.07) is 8.32. The molecular formula is C32H32N2O4. The molecule has 0 radical (unpaired) electrons. The maximum Gasteiger partial charge on any atom is 0.234 e. The van der Waals surface area contributed by atoms with E-state index in [0.29, 0.717) is 38.5 Å². The van der Waals surface area contributed by atoms with Crippen LogP contribution in [0.4, 0.5) is 0 Å². The third-order valence-corrected chi connectivity index (χ3v) is 11.1. The van der Waals surface area contributed by atoms with E-state index in [2.05, 4.69) is 66.3 Å². The van der Waals surface area contributed by atoms with E-state index >= 15 is 0 Å². The molecule has 6 aliphatic rings. The first-order valence-electron chi connectivity index (χ1n) is 13.7. The van der Waals surface area contributed by atoms with Crippen LogP contribution in [0, 0.1) is 34.5 Å². The van der Waals surface area contributed by atoms with E-state index in [9.17, 15) is 19.2 Å². The van der Waals surface area contributed by atoms with Crippen LogP contribution in [0.2, 0.25) is 0 Å². The van der Waals surface area contributed by atoms with Crippen molar-refractivity contribution in [1.29, 1.82) is 0 Å². The smallest absolute Gasteiger partial charge is 0.234 e. The number of carbonyl (C=O) groups excluding carboxylic acids is 4. The van der Waals surface area contributed by atoms with Crippen LogP contribution in [0.3, 0.4) is 0 Å². The first kappa shape index (κ1) is 23.6. The van der Waals surface area contributed by atoms with Gasteiger partial charge in [0.1, 0.15) is 0 Å². The zero-order valence-corrected chi connectivity index (χ0v) is 21.4. The minimum atomic E-state index is -0.860. The molecule has 2 N–H and O–H groups in total. The molecule has 1 aromatic carbocycles. The van der Waals surface area contributed by atoms with Gasteiger partial charge in [-0.25, -0.2) is 0 Å². The Morgan fingerprint density at radius 2 is 1.21 bits per heavy atom. The van der Waals surface area contributed by atoms with Gasteiger partial charge in [-0.2, -0.15) is 0 Å². The normalized spacial score (nSPS) is 42.9. The number of imide groups is 2. The van der Waals surface area contributed by atoms with Crippen molar-refractivity contribution in [2.24, 2.45) is 34.5 Å². The Labute approximate surface area is 222 Å². The van der Waals surface area contributed by atoms with Crippen LogP contribution in [0.25, 0.3) is 0 Å². The standard InChI is InChI=1S/C32H32N2O4/c1-3-5-12-31-23(25(35)33-27(31)37)19-10-14-29(31,17-19)21-8-7-9-22(16-21)30-15-11-20(18-30)24-26(36)34-28(38)32(24,30)13-6-4-2/h3-4,7-11,14-16,19-20,23-24H,1-2,5-6,12-13,17-18H2,(H,33,35,37)(H,34,36,38). The Bertz CT molecular complexity index is 1310. The fourth-order valence-electron chi connectivity index (χ4n) is 9.78. The number of allylic oxidation sites excluding steroid dienone is 6. The number of fused-ring (bicyclic) bond motifs is 10. The van der Waals surface area contributed by atoms with E-state index in [1.165, 1.54) is 0 Å². The lowest BCUT2D eigenvalue weighted by Crippen LogP contribution is -2.50. The van der Waals surface area contributed by atoms with Gasteiger partial charge in [-0.15, -0.1) is 13.2 Å². The minimum Gasteiger partial charge on any atom is -0.296 e. The Balaban J connectivity index is 1.40. The van der Waals surface area contributed by atoms with Crippen LogP contribution in [0.5, 0.6) is 0 Å². The van der Waals surface area contributed by atoms with Crippen molar-refractivity contribution >= 4 is 23.6 Å². The SMILES string of the molecule is C=CCCC12C(=O)NC(=O)C1C1C=CC2(c2cccc(C34C=CC(C3)C3C(=O)NC(=O)C34CCC=C)c2)C1. The summed E-state index contributed by atoms with van der Waals surface area (Å²) in [5.41, 5.74) is -0.943. The Kier molecular flexibility index (Phi) is 4.67. The number of hydrogen-bond acceptors (Lipinski definition) is 4. The van der Waals surface area contributed by atoms with Crippen LogP contribution in [-0.2, 0) is 30.0 Å². The third kappa shape index (κ3) is 2.37. The Hall–Kier alpha value is -3.54. The molecule has 1 aromatic rings. The number of hydrogen-bond donors (Lipinski definition) is 2. The van der Waals surface area contributed by atoms with E-state index in [1.807, 2.05) is 18.2 Å². The summed E-state index contributed by atoms with van der Waals surface area (Å²) in [5, 5.41) is 5.33. The zero-order valence-electron chi connectivity index (χ0n) is 21.4. The van der Waals surface area contributed by atoms with Gasteiger partial charge in [0.25, 0.3) is 0 Å². The average molecular weight is 509 g/mol. The lowest BCUT2D eigenvalue weighted by atomic mass is 9.54. The Morgan fingerprint density at radius 3 is 1.63 bits per heavy atom. The lowest BCUT2D eigenvalue weighted by Gasteiger charge is -2.45. The topological polar surface area (TPSA) is 92.3 Å². The van der Waals surface area contributed by atoms with Gasteiger partial charge in [0, 0.05) is 10.8 Å². The van der Waals surface area contributed by atoms with Gasteiger partial charge >= 0.3 is 0 Å². The van der Waals surface area contributed by atoms with Gasteiger partial charge < -0.3 is 0 Å². The van der Waals surface area contributed by atoms with Gasteiger partial charge in [-0.1, -0.05) is 60.7 Å². The molecule has 6 nitrogen and oxygen atoms in total. The van der Waals surface area contributed by atoms with Crippen LogP contribution >= 0.6 is 0 Å². The maximum atomic E-state index is 13.6. The summed E-state index contributed by atoms with van der Waals surface area (Å²) in [6.45, 7) is 7.77. The Morgan fingerprint density at radius 1 is 0.763 bits per heavy atom. The molecule has 2 saturated heterocycles. The monoisotopic (exact) mass is 508 g/mol. The average Bonchev–Trinajstić information content (AvgIpc) is 3.73. The number of carbonyl (C=O) groups is 4. The molecule has 4 amide bonds. The fraction of sp³-hybridized carbons (Fsp3) is 0.438. The van der Waals surface area contributed by atoms with Crippen molar-refractivity contribution in [2.75, 3.05) is 0 Å². The van der Waals surface area contributed by atoms with Gasteiger partial charge in [-0.05, 0) is 61.5 Å². The highest BCUT2D eigenvalue weighted by atomic mass is 16.2. The summed E-state index contributed by atoms with van der Waals surface area (Å²) in [4.78, 5) is 53.3. The van der Waals surface area contributed by atoms with Crippen LogP contribution in [0.1, 0.15) is 49.7 Å². The lowest BCUT2D eigenvalue weighted by molar-refractivity contribution is -0.132. The molecule has 38 heavy (non-hydrogen) atoms. The van der Waals surface area contributed by atoms with Crippen molar-refractivity contribution < 1.29 is 19.2 Å². The van der Waals surface area contributed by atoms with Gasteiger partial charge in [-0.3, -0.25) is 29.8 Å². The molecule has 8 atom stereocenters. The summed E-state index contributed by atoms with van der Waals surface area (Å²) in [7, 11) is 0. The van der Waals surface area contributed by atoms with Crippen LogP contribution < -0.4 is 10.6 Å². The molecule has 2 heterocycles. The summed E-state index contributed by atoms with van der Waals surface area (Å²) >= 11 is 0. The molecule has 0 aromatic heterocycles. The molecule has 6 heteroatoms. The molecule has 0 spiro atoms. The van der Waals surface area contributed by atoms with Crippen molar-refractivity contribution in [3.8, 4) is 0 Å². The molecule has 4 bridgehead atoms. The van der Waals surface area contributed by atoms with Crippen molar-refractivity contribution in [3.63, 3.8) is 0 Å². The van der Waals surface area contributed by atoms with E-state index in [0.717, 1.165) is 11.1 Å². The molecule has 4 aliphatic carbocycles. The number of rotatable bonds is 8. The largest absolute Gasteiger partial charge is 0.296 e. The van der Waals surface area contributed by atoms with Crippen LogP contribution in [0.15, 0.2) is 73.9 Å². The minimum absolute atomic E-state index is 0.0110. The number of benzene rings is 1. The van der Waals surface area contributed by atoms with Crippen molar-refractivity contribution in [2.45, 2.75) is 49.4 Å². The second kappa shape index (κ2) is 7.52. The van der Waals surface area contributed by atoms with Gasteiger partial charge in [0.05, 0.1) is 22.7 Å². The highest BCUT2D eigenvalue weighted by Gasteiger charge is 2.75. The molecule has 4 fully saturated rings. The van der Waals surface area contributed by atoms with Gasteiger partial charge in [0.2, 0.25) is 23.6 Å². The molecular weight excluding hydrogens is 476 g/mol. The van der Waals surface area contributed by atoms with Crippen molar-refractivity contribution in [3.05, 3.63) is 85.0 Å². The van der Waals surface area contributed by atoms with E-state index < -0.39 is 21.7 Å². The van der Waals surface area contributed by atoms with E-state index in [-0.39, 0.29) is 47.3 Å². The zero-order chi connectivity index (χ0) is 26.5. The van der Waals surface area contributed by atoms with Crippen LogP contribution in [-0.4, -0.2) is 23.6 Å². The first-order valence-corrected chi connectivity index (χ1v) is 13.7. The summed E-state index contributed by atoms with van der Waals surface area (Å²) < 4.78 is 0. The quantitative estimate of drug-likeness (QED) is 0.413. The second-order valence-electron chi connectivity index (χ2n) is 12.2. The number of amides is 4. The predicted octanol–water partition coefficient (Wildman–Crippen LogP) is 3.79. The highest BCUT2D eigenvalue weighted by Crippen LogP contribution is 2.71. The van der Waals surface area contributed by atoms with E-state index in [1.54, 1.807) is 0 Å². The maximum absolute atomic E-state index is 13.6. The first-order chi connectivity index (χ1) is 18.3.